The summed E-state index contributed by atoms with van der Waals surface area (Å²) < 4.78 is 54.3. The Morgan fingerprint density at radius 3 is 2.03 bits per heavy atom. The van der Waals surface area contributed by atoms with Gasteiger partial charge in [-0.25, -0.2) is 19.8 Å². The summed E-state index contributed by atoms with van der Waals surface area (Å²) in [7, 11) is 2.75. The fraction of sp³-hybridized carbons (Fsp3) is 0.150. The molecule has 1 heterocycles. The largest absolute Gasteiger partial charge is 0.484 e. The van der Waals surface area contributed by atoms with Crippen LogP contribution in [0.5, 0.6) is 0 Å². The van der Waals surface area contributed by atoms with E-state index in [0.29, 0.717) is 20.9 Å². The Kier molecular flexibility index (Phi) is 8.95. The first-order valence-electron chi connectivity index (χ1n) is 9.21. The molecule has 0 saturated heterocycles. The molecule has 0 atom stereocenters. The lowest BCUT2D eigenvalue weighted by molar-refractivity contribution is -0.191. The van der Waals surface area contributed by atoms with Crippen molar-refractivity contribution >= 4 is 36.3 Å². The molecule has 1 aromatic heterocycles. The number of hydrogen-bond donors (Lipinski definition) is 1. The molecule has 0 aliphatic rings. The van der Waals surface area contributed by atoms with Gasteiger partial charge in [-0.3, -0.25) is 0 Å². The van der Waals surface area contributed by atoms with Crippen molar-refractivity contribution in [3.8, 4) is 22.4 Å². The molecule has 180 valence electrons. The quantitative estimate of drug-likeness (QED) is 0.0924. The van der Waals surface area contributed by atoms with Crippen LogP contribution in [0.4, 0.5) is 19.0 Å². The van der Waals surface area contributed by atoms with Gasteiger partial charge in [0.15, 0.2) is 0 Å². The van der Waals surface area contributed by atoms with Gasteiger partial charge in [0.1, 0.15) is 5.82 Å². The van der Waals surface area contributed by atoms with E-state index in [9.17, 15) is 13.2 Å². The van der Waals surface area contributed by atoms with Gasteiger partial charge >= 0.3 is 6.18 Å². The molecule has 14 heteroatoms. The van der Waals surface area contributed by atoms with Crippen LogP contribution >= 0.6 is 24.1 Å². The van der Waals surface area contributed by atoms with Gasteiger partial charge in [-0.05, 0) is 35.0 Å². The predicted octanol–water partition coefficient (Wildman–Crippen LogP) is 5.54. The normalized spacial score (nSPS) is 11.7. The maximum absolute atomic E-state index is 13.4. The summed E-state index contributed by atoms with van der Waals surface area (Å²) >= 11 is 1.81. The number of aromatic nitrogens is 2. The molecule has 0 bridgehead atoms. The van der Waals surface area contributed by atoms with Gasteiger partial charge in [-0.15, -0.1) is 0 Å². The monoisotopic (exact) mass is 514 g/mol. The number of anilines is 1. The minimum absolute atomic E-state index is 0.0259. The van der Waals surface area contributed by atoms with Crippen LogP contribution in [0.25, 0.3) is 22.4 Å². The third-order valence-electron chi connectivity index (χ3n) is 4.01. The van der Waals surface area contributed by atoms with E-state index >= 15 is 0 Å². The summed E-state index contributed by atoms with van der Waals surface area (Å²) in [4.78, 5) is 17.6. The Morgan fingerprint density at radius 1 is 0.882 bits per heavy atom. The van der Waals surface area contributed by atoms with Gasteiger partial charge in [0.2, 0.25) is 12.2 Å². The van der Waals surface area contributed by atoms with Crippen LogP contribution in [-0.4, -0.2) is 30.6 Å². The Hall–Kier alpha value is -3.04. The highest BCUT2D eigenvalue weighted by Crippen LogP contribution is 2.38. The maximum Gasteiger partial charge on any atom is 0.451 e. The zero-order valence-corrected chi connectivity index (χ0v) is 19.2. The number of rotatable bonds is 10. The van der Waals surface area contributed by atoms with Gasteiger partial charge in [0, 0.05) is 15.4 Å². The van der Waals surface area contributed by atoms with Crippen LogP contribution in [0.15, 0.2) is 63.5 Å². The first-order valence-corrected chi connectivity index (χ1v) is 10.7. The number of ether oxygens (including phenoxy) is 1. The molecule has 0 spiro atoms. The molecule has 9 nitrogen and oxygen atoms in total. The third kappa shape index (κ3) is 6.74. The highest BCUT2D eigenvalue weighted by atomic mass is 32.2. The van der Waals surface area contributed by atoms with Gasteiger partial charge in [0.25, 0.3) is 0 Å². The number of alkyl halides is 3. The number of nitrogen functional groups attached to an aromatic ring is 1. The Bertz CT molecular complexity index is 1120. The molecule has 0 aliphatic carbocycles. The van der Waals surface area contributed by atoms with E-state index < -0.39 is 12.0 Å². The second kappa shape index (κ2) is 11.9. The minimum atomic E-state index is -4.77. The molecule has 2 N–H and O–H groups in total. The number of benzene rings is 2. The summed E-state index contributed by atoms with van der Waals surface area (Å²) in [5, 5.41) is 3.35. The molecule has 0 radical (unpaired) electrons. The number of oxime groups is 1. The lowest BCUT2D eigenvalue weighted by Crippen LogP contribution is -2.14. The lowest BCUT2D eigenvalue weighted by atomic mass is 9.99. The van der Waals surface area contributed by atoms with E-state index in [1.54, 1.807) is 48.5 Å². The SMILES string of the molecule is CO/C=N/OOSc1ccc(-c2c(N)nc(C(F)(F)F)nc2-c2ccc(SOOC)cc2)cc1. The van der Waals surface area contributed by atoms with Crippen molar-refractivity contribution in [2.45, 2.75) is 16.0 Å². The van der Waals surface area contributed by atoms with Crippen molar-refractivity contribution in [3.63, 3.8) is 0 Å². The molecule has 2 aromatic carbocycles. The van der Waals surface area contributed by atoms with Gasteiger partial charge in [-0.1, -0.05) is 28.6 Å². The molecule has 3 aromatic rings. The standard InChI is InChI=1S/C20H17F3N4O5S2/c1-28-11-25-30-32-34-15-7-3-12(4-8-15)16-17(26-19(20(21,22)23)27-18(16)24)13-5-9-14(10-6-13)33-31-29-2/h3-11H,1-2H3,(H2,24,26,27)/b25-11+. The third-order valence-corrected chi connectivity index (χ3v) is 5.27. The Labute approximate surface area is 200 Å². The average molecular weight is 515 g/mol. The first kappa shape index (κ1) is 25.6. The van der Waals surface area contributed by atoms with E-state index in [2.05, 4.69) is 29.7 Å². The minimum Gasteiger partial charge on any atom is -0.484 e. The van der Waals surface area contributed by atoms with Crippen molar-refractivity contribution in [3.05, 3.63) is 54.4 Å². The van der Waals surface area contributed by atoms with Gasteiger partial charge < -0.3 is 10.5 Å². The average Bonchev–Trinajstić information content (AvgIpc) is 2.82. The number of hydrogen-bond acceptors (Lipinski definition) is 11. The number of halogens is 3. The highest BCUT2D eigenvalue weighted by Gasteiger charge is 2.36. The Morgan fingerprint density at radius 2 is 1.47 bits per heavy atom. The van der Waals surface area contributed by atoms with Crippen LogP contribution in [0, 0.1) is 0 Å². The number of nitrogens with zero attached hydrogens (tertiary/aromatic N) is 3. The molecule has 0 saturated carbocycles. The Balaban J connectivity index is 1.96. The maximum atomic E-state index is 13.4. The molecular weight excluding hydrogens is 497 g/mol. The van der Waals surface area contributed by atoms with E-state index in [1.165, 1.54) is 14.2 Å². The molecule has 0 amide bonds. The van der Waals surface area contributed by atoms with Crippen molar-refractivity contribution in [2.75, 3.05) is 20.0 Å². The second-order valence-corrected chi connectivity index (χ2v) is 7.74. The van der Waals surface area contributed by atoms with Crippen molar-refractivity contribution < 1.29 is 36.5 Å². The number of methoxy groups -OCH3 is 1. The van der Waals surface area contributed by atoms with Crippen LogP contribution < -0.4 is 5.73 Å². The number of nitrogens with two attached hydrogens (primary N) is 1. The van der Waals surface area contributed by atoms with E-state index in [1.807, 2.05) is 0 Å². The lowest BCUT2D eigenvalue weighted by Gasteiger charge is -2.15. The van der Waals surface area contributed by atoms with Gasteiger partial charge in [-0.2, -0.15) is 17.5 Å². The van der Waals surface area contributed by atoms with E-state index in [4.69, 9.17) is 14.4 Å². The van der Waals surface area contributed by atoms with Crippen molar-refractivity contribution in [1.82, 2.24) is 9.97 Å². The summed E-state index contributed by atoms with van der Waals surface area (Å²) in [6.07, 6.45) is -3.74. The molecule has 0 unspecified atom stereocenters. The van der Waals surface area contributed by atoms with Crippen LogP contribution in [-0.2, 0) is 29.5 Å². The predicted molar refractivity (Wildman–Crippen MR) is 120 cm³/mol. The summed E-state index contributed by atoms with van der Waals surface area (Å²) in [5.74, 6) is -1.65. The van der Waals surface area contributed by atoms with Crippen LogP contribution in [0.3, 0.4) is 0 Å². The van der Waals surface area contributed by atoms with Crippen LogP contribution in [0.2, 0.25) is 0 Å². The zero-order valence-electron chi connectivity index (χ0n) is 17.6. The summed E-state index contributed by atoms with van der Waals surface area (Å²) in [5.41, 5.74) is 7.16. The fourth-order valence-corrected chi connectivity index (χ4v) is 3.43. The van der Waals surface area contributed by atoms with E-state index in [0.717, 1.165) is 30.5 Å². The molecule has 3 rings (SSSR count). The first-order chi connectivity index (χ1) is 16.3. The van der Waals surface area contributed by atoms with Crippen molar-refractivity contribution in [2.24, 2.45) is 5.16 Å². The fourth-order valence-electron chi connectivity index (χ4n) is 2.65. The zero-order chi connectivity index (χ0) is 24.6. The molecule has 0 aliphatic heterocycles. The highest BCUT2D eigenvalue weighted by molar-refractivity contribution is 7.94. The topological polar surface area (TPSA) is 110 Å². The van der Waals surface area contributed by atoms with Crippen LogP contribution in [0.1, 0.15) is 5.82 Å². The van der Waals surface area contributed by atoms with Crippen molar-refractivity contribution in [1.29, 1.82) is 0 Å². The summed E-state index contributed by atoms with van der Waals surface area (Å²) in [6.45, 7) is 0. The molecule has 34 heavy (non-hydrogen) atoms. The summed E-state index contributed by atoms with van der Waals surface area (Å²) in [6, 6.07) is 13.1. The van der Waals surface area contributed by atoms with Gasteiger partial charge in [0.05, 0.1) is 49.6 Å². The molecular formula is C20H17F3N4O5S2. The second-order valence-electron chi connectivity index (χ2n) is 6.19. The molecule has 0 fully saturated rings. The smallest absolute Gasteiger partial charge is 0.451 e. The van der Waals surface area contributed by atoms with E-state index in [-0.39, 0.29) is 17.1 Å².